The van der Waals surface area contributed by atoms with Crippen molar-refractivity contribution in [1.29, 1.82) is 0 Å². The number of hydrogen-bond acceptors (Lipinski definition) is 2. The Balaban J connectivity index is 2.51. The lowest BCUT2D eigenvalue weighted by molar-refractivity contribution is 0.283. The van der Waals surface area contributed by atoms with Crippen LogP contribution in [0.4, 0.5) is 14.5 Å². The number of benzene rings is 1. The van der Waals surface area contributed by atoms with Crippen molar-refractivity contribution in [2.75, 3.05) is 12.3 Å². The second kappa shape index (κ2) is 5.68. The van der Waals surface area contributed by atoms with Crippen molar-refractivity contribution in [3.63, 3.8) is 0 Å². The first-order valence-corrected chi connectivity index (χ1v) is 5.38. The third-order valence-electron chi connectivity index (χ3n) is 2.23. The van der Waals surface area contributed by atoms with Gasteiger partial charge in [0, 0.05) is 12.1 Å². The molecule has 2 nitrogen and oxygen atoms in total. The summed E-state index contributed by atoms with van der Waals surface area (Å²) in [4.78, 5) is 0. The highest BCUT2D eigenvalue weighted by Gasteiger charge is 2.08. The summed E-state index contributed by atoms with van der Waals surface area (Å²) in [6.45, 7) is 4.59. The Morgan fingerprint density at radius 3 is 2.56 bits per heavy atom. The minimum Gasteiger partial charge on any atom is -0.490 e. The van der Waals surface area contributed by atoms with Crippen LogP contribution in [0.2, 0.25) is 0 Å². The largest absolute Gasteiger partial charge is 0.490 e. The molecule has 0 spiro atoms. The van der Waals surface area contributed by atoms with E-state index in [9.17, 15) is 8.78 Å². The lowest BCUT2D eigenvalue weighted by atomic mass is 10.1. The zero-order valence-corrected chi connectivity index (χ0v) is 9.59. The van der Waals surface area contributed by atoms with Crippen LogP contribution >= 0.6 is 0 Å². The Hall–Kier alpha value is -1.32. The average molecular weight is 229 g/mol. The van der Waals surface area contributed by atoms with E-state index in [4.69, 9.17) is 10.5 Å². The summed E-state index contributed by atoms with van der Waals surface area (Å²) in [6, 6.07) is 1.92. The van der Waals surface area contributed by atoms with Gasteiger partial charge in [0.25, 0.3) is 0 Å². The van der Waals surface area contributed by atoms with Gasteiger partial charge in [0.2, 0.25) is 0 Å². The van der Waals surface area contributed by atoms with Crippen molar-refractivity contribution < 1.29 is 13.5 Å². The summed E-state index contributed by atoms with van der Waals surface area (Å²) >= 11 is 0. The number of halogens is 2. The fourth-order valence-corrected chi connectivity index (χ4v) is 1.33. The number of hydrogen-bond donors (Lipinski definition) is 1. The molecule has 4 heteroatoms. The molecule has 1 rings (SSSR count). The molecular formula is C12H17F2NO. The molecule has 0 atom stereocenters. The van der Waals surface area contributed by atoms with Crippen molar-refractivity contribution in [2.45, 2.75) is 26.7 Å². The zero-order chi connectivity index (χ0) is 12.1. The molecule has 2 N–H and O–H groups in total. The molecule has 0 saturated carbocycles. The van der Waals surface area contributed by atoms with Gasteiger partial charge >= 0.3 is 0 Å². The van der Waals surface area contributed by atoms with Crippen LogP contribution in [0.3, 0.4) is 0 Å². The van der Waals surface area contributed by atoms with E-state index in [0.29, 0.717) is 12.5 Å². The standard InChI is InChI=1S/C12H17F2NO/c1-8(2)4-3-5-16-12-7-9(13)11(15)6-10(12)14/h6-8H,3-5,15H2,1-2H3. The summed E-state index contributed by atoms with van der Waals surface area (Å²) < 4.78 is 31.4. The molecule has 0 fully saturated rings. The molecule has 0 radical (unpaired) electrons. The van der Waals surface area contributed by atoms with Gasteiger partial charge in [-0.3, -0.25) is 0 Å². The average Bonchev–Trinajstić information content (AvgIpc) is 2.19. The van der Waals surface area contributed by atoms with E-state index < -0.39 is 11.6 Å². The van der Waals surface area contributed by atoms with Crippen molar-refractivity contribution in [3.05, 3.63) is 23.8 Å². The minimum absolute atomic E-state index is 0.0737. The van der Waals surface area contributed by atoms with Crippen LogP contribution in [-0.4, -0.2) is 6.61 Å². The van der Waals surface area contributed by atoms with E-state index in [2.05, 4.69) is 13.8 Å². The van der Waals surface area contributed by atoms with Crippen LogP contribution in [0.5, 0.6) is 5.75 Å². The van der Waals surface area contributed by atoms with Crippen LogP contribution in [-0.2, 0) is 0 Å². The minimum atomic E-state index is -0.653. The van der Waals surface area contributed by atoms with Crippen molar-refractivity contribution >= 4 is 5.69 Å². The van der Waals surface area contributed by atoms with Crippen LogP contribution in [0.25, 0.3) is 0 Å². The van der Waals surface area contributed by atoms with Gasteiger partial charge in [-0.05, 0) is 18.8 Å². The third-order valence-corrected chi connectivity index (χ3v) is 2.23. The number of nitrogen functional groups attached to an aromatic ring is 1. The van der Waals surface area contributed by atoms with Gasteiger partial charge < -0.3 is 10.5 Å². The molecule has 0 amide bonds. The molecule has 90 valence electrons. The first kappa shape index (κ1) is 12.7. The van der Waals surface area contributed by atoms with Crippen LogP contribution in [0, 0.1) is 17.6 Å². The van der Waals surface area contributed by atoms with Gasteiger partial charge in [0.15, 0.2) is 11.6 Å². The SMILES string of the molecule is CC(C)CCCOc1cc(F)c(N)cc1F. The maximum absolute atomic E-state index is 13.2. The van der Waals surface area contributed by atoms with E-state index in [1.165, 1.54) is 0 Å². The Labute approximate surface area is 94.4 Å². The second-order valence-corrected chi connectivity index (χ2v) is 4.19. The van der Waals surface area contributed by atoms with Gasteiger partial charge in [0.05, 0.1) is 12.3 Å². The molecule has 16 heavy (non-hydrogen) atoms. The molecule has 0 aliphatic heterocycles. The highest BCUT2D eigenvalue weighted by Crippen LogP contribution is 2.23. The smallest absolute Gasteiger partial charge is 0.167 e. The molecule has 1 aromatic carbocycles. The van der Waals surface area contributed by atoms with Crippen molar-refractivity contribution in [2.24, 2.45) is 5.92 Å². The lowest BCUT2D eigenvalue weighted by Gasteiger charge is -2.09. The molecule has 1 aromatic rings. The van der Waals surface area contributed by atoms with Gasteiger partial charge in [0.1, 0.15) is 5.82 Å². The molecule has 0 bridgehead atoms. The van der Waals surface area contributed by atoms with E-state index >= 15 is 0 Å². The monoisotopic (exact) mass is 229 g/mol. The molecule has 0 aliphatic carbocycles. The Bertz CT molecular complexity index is 353. The Kier molecular flexibility index (Phi) is 4.52. The summed E-state index contributed by atoms with van der Waals surface area (Å²) in [5.74, 6) is -0.768. The quantitative estimate of drug-likeness (QED) is 0.620. The molecule has 0 heterocycles. The first-order valence-electron chi connectivity index (χ1n) is 5.38. The van der Waals surface area contributed by atoms with Gasteiger partial charge in [-0.15, -0.1) is 0 Å². The maximum atomic E-state index is 13.2. The summed E-state index contributed by atoms with van der Waals surface area (Å²) in [5, 5.41) is 0. The zero-order valence-electron chi connectivity index (χ0n) is 9.59. The second-order valence-electron chi connectivity index (χ2n) is 4.19. The maximum Gasteiger partial charge on any atom is 0.167 e. The van der Waals surface area contributed by atoms with Crippen LogP contribution < -0.4 is 10.5 Å². The van der Waals surface area contributed by atoms with Crippen LogP contribution in [0.1, 0.15) is 26.7 Å². The third kappa shape index (κ3) is 3.68. The van der Waals surface area contributed by atoms with Crippen molar-refractivity contribution in [3.8, 4) is 5.75 Å². The summed E-state index contributed by atoms with van der Waals surface area (Å²) in [5.41, 5.74) is 5.01. The number of rotatable bonds is 5. The molecule has 0 aliphatic rings. The Morgan fingerprint density at radius 1 is 1.25 bits per heavy atom. The van der Waals surface area contributed by atoms with E-state index in [-0.39, 0.29) is 11.4 Å². The molecule has 0 aromatic heterocycles. The number of nitrogens with two attached hydrogens (primary N) is 1. The summed E-state index contributed by atoms with van der Waals surface area (Å²) in [7, 11) is 0. The fourth-order valence-electron chi connectivity index (χ4n) is 1.33. The van der Waals surface area contributed by atoms with Crippen LogP contribution in [0.15, 0.2) is 12.1 Å². The Morgan fingerprint density at radius 2 is 1.94 bits per heavy atom. The fraction of sp³-hybridized carbons (Fsp3) is 0.500. The number of anilines is 1. The predicted octanol–water partition coefficient (Wildman–Crippen LogP) is 3.36. The van der Waals surface area contributed by atoms with Gasteiger partial charge in [-0.2, -0.15) is 0 Å². The van der Waals surface area contributed by atoms with E-state index in [1.807, 2.05) is 0 Å². The van der Waals surface area contributed by atoms with Gasteiger partial charge in [-0.1, -0.05) is 13.8 Å². The molecule has 0 saturated heterocycles. The predicted molar refractivity (Wildman–Crippen MR) is 60.3 cm³/mol. The van der Waals surface area contributed by atoms with E-state index in [1.54, 1.807) is 0 Å². The lowest BCUT2D eigenvalue weighted by Crippen LogP contribution is -2.02. The molecular weight excluding hydrogens is 212 g/mol. The van der Waals surface area contributed by atoms with Crippen molar-refractivity contribution in [1.82, 2.24) is 0 Å². The first-order chi connectivity index (χ1) is 7.50. The van der Waals surface area contributed by atoms with Gasteiger partial charge in [-0.25, -0.2) is 8.78 Å². The van der Waals surface area contributed by atoms with E-state index in [0.717, 1.165) is 25.0 Å². The highest BCUT2D eigenvalue weighted by molar-refractivity contribution is 5.44. The highest BCUT2D eigenvalue weighted by atomic mass is 19.1. The topological polar surface area (TPSA) is 35.2 Å². The summed E-state index contributed by atoms with van der Waals surface area (Å²) in [6.07, 6.45) is 1.82. The normalized spacial score (nSPS) is 10.8. The molecule has 0 unspecified atom stereocenters. The number of ether oxygens (including phenoxy) is 1.